The van der Waals surface area contributed by atoms with Crippen LogP contribution in [0.3, 0.4) is 0 Å². The Kier molecular flexibility index (Phi) is 4.49. The van der Waals surface area contributed by atoms with Crippen LogP contribution in [-0.4, -0.2) is 31.1 Å². The summed E-state index contributed by atoms with van der Waals surface area (Å²) >= 11 is 0. The Morgan fingerprint density at radius 1 is 1.14 bits per heavy atom. The van der Waals surface area contributed by atoms with Crippen molar-refractivity contribution in [1.82, 2.24) is 0 Å². The van der Waals surface area contributed by atoms with Crippen molar-refractivity contribution in [3.63, 3.8) is 0 Å². The summed E-state index contributed by atoms with van der Waals surface area (Å²) in [5.74, 6) is 0.737. The molecule has 0 aromatic heterocycles. The molecular weight excluding hydrogens is 260 g/mol. The molecule has 112 valence electrons. The summed E-state index contributed by atoms with van der Waals surface area (Å²) in [6.45, 7) is 4.30. The van der Waals surface area contributed by atoms with Gasteiger partial charge in [0, 0.05) is 24.1 Å². The lowest BCUT2D eigenvalue weighted by molar-refractivity contribution is -0.938. The van der Waals surface area contributed by atoms with E-state index >= 15 is 0 Å². The van der Waals surface area contributed by atoms with Crippen molar-refractivity contribution in [3.8, 4) is 0 Å². The molecule has 0 radical (unpaired) electrons. The molecule has 0 spiro atoms. The van der Waals surface area contributed by atoms with Gasteiger partial charge >= 0.3 is 0 Å². The van der Waals surface area contributed by atoms with Crippen molar-refractivity contribution in [2.24, 2.45) is 10.9 Å². The van der Waals surface area contributed by atoms with E-state index in [1.54, 1.807) is 11.8 Å². The molecule has 21 heavy (non-hydrogen) atoms. The zero-order chi connectivity index (χ0) is 14.7. The third-order valence-corrected chi connectivity index (χ3v) is 5.03. The molecule has 0 saturated carbocycles. The summed E-state index contributed by atoms with van der Waals surface area (Å²) in [6.07, 6.45) is 8.91. The monoisotopic (exact) mass is 285 g/mol. The van der Waals surface area contributed by atoms with Crippen LogP contribution < -0.4 is 4.90 Å². The lowest BCUT2D eigenvalue weighted by atomic mass is 9.84. The van der Waals surface area contributed by atoms with Gasteiger partial charge in [-0.2, -0.15) is 0 Å². The van der Waals surface area contributed by atoms with Crippen molar-refractivity contribution in [3.05, 3.63) is 29.8 Å². The van der Waals surface area contributed by atoms with Crippen LogP contribution in [0.15, 0.2) is 29.3 Å². The van der Waals surface area contributed by atoms with E-state index in [-0.39, 0.29) is 5.78 Å². The molecule has 0 bridgehead atoms. The number of fused-ring (bicyclic) bond motifs is 1. The zero-order valence-corrected chi connectivity index (χ0v) is 12.8. The maximum absolute atomic E-state index is 11.3. The van der Waals surface area contributed by atoms with Crippen LogP contribution in [0, 0.1) is 5.92 Å². The fourth-order valence-corrected chi connectivity index (χ4v) is 3.84. The molecule has 2 fully saturated rings. The number of hydrogen-bond donors (Lipinski definition) is 1. The average Bonchev–Trinajstić information content (AvgIpc) is 2.53. The Morgan fingerprint density at radius 2 is 1.90 bits per heavy atom. The van der Waals surface area contributed by atoms with Gasteiger partial charge in [0.05, 0.1) is 24.8 Å². The first-order chi connectivity index (χ1) is 10.2. The first-order valence-corrected chi connectivity index (χ1v) is 8.24. The summed E-state index contributed by atoms with van der Waals surface area (Å²) in [5, 5.41) is 0. The van der Waals surface area contributed by atoms with Gasteiger partial charge in [-0.1, -0.05) is 0 Å². The topological polar surface area (TPSA) is 33.9 Å². The lowest BCUT2D eigenvalue weighted by Crippen LogP contribution is -3.18. The fraction of sp³-hybridized carbons (Fsp3) is 0.556. The van der Waals surface area contributed by atoms with Gasteiger partial charge in [0.1, 0.15) is 0 Å². The minimum atomic E-state index is 0.110. The van der Waals surface area contributed by atoms with E-state index in [1.807, 2.05) is 24.3 Å². The van der Waals surface area contributed by atoms with E-state index < -0.39 is 0 Å². The number of Topliss-reactive ketones (excluding diaryl/α,β-unsaturated/α-hetero) is 1. The molecule has 3 nitrogen and oxygen atoms in total. The van der Waals surface area contributed by atoms with E-state index in [1.165, 1.54) is 45.2 Å². The Bertz CT molecular complexity index is 519. The van der Waals surface area contributed by atoms with Crippen molar-refractivity contribution < 1.29 is 9.69 Å². The molecule has 2 aliphatic rings. The van der Waals surface area contributed by atoms with Gasteiger partial charge in [0.25, 0.3) is 0 Å². The lowest BCUT2D eigenvalue weighted by Gasteiger charge is -2.39. The number of aliphatic imine (C=N–C) groups is 1. The highest BCUT2D eigenvalue weighted by molar-refractivity contribution is 5.94. The molecule has 0 aliphatic carbocycles. The minimum Gasteiger partial charge on any atom is -0.332 e. The van der Waals surface area contributed by atoms with Gasteiger partial charge in [-0.3, -0.25) is 9.79 Å². The molecular formula is C18H25N2O+. The van der Waals surface area contributed by atoms with Crippen LogP contribution in [0.2, 0.25) is 0 Å². The number of carbonyl (C=O) groups is 1. The van der Waals surface area contributed by atoms with Crippen molar-refractivity contribution >= 4 is 17.7 Å². The Balaban J connectivity index is 1.68. The highest BCUT2D eigenvalue weighted by Gasteiger charge is 2.35. The van der Waals surface area contributed by atoms with E-state index in [9.17, 15) is 4.79 Å². The number of quaternary nitrogens is 1. The Morgan fingerprint density at radius 3 is 2.67 bits per heavy atom. The Labute approximate surface area is 127 Å². The van der Waals surface area contributed by atoms with E-state index in [0.29, 0.717) is 5.92 Å². The second-order valence-corrected chi connectivity index (χ2v) is 6.45. The summed E-state index contributed by atoms with van der Waals surface area (Å²) in [4.78, 5) is 17.8. The first kappa shape index (κ1) is 14.5. The third kappa shape index (κ3) is 3.41. The second-order valence-electron chi connectivity index (χ2n) is 6.45. The van der Waals surface area contributed by atoms with Gasteiger partial charge < -0.3 is 4.90 Å². The van der Waals surface area contributed by atoms with Crippen molar-refractivity contribution in [1.29, 1.82) is 0 Å². The van der Waals surface area contributed by atoms with E-state index in [4.69, 9.17) is 0 Å². The molecule has 3 heteroatoms. The fourth-order valence-electron chi connectivity index (χ4n) is 3.84. The molecule has 2 aliphatic heterocycles. The van der Waals surface area contributed by atoms with Gasteiger partial charge in [-0.25, -0.2) is 0 Å². The number of hydrogen-bond acceptors (Lipinski definition) is 2. The molecule has 2 saturated heterocycles. The highest BCUT2D eigenvalue weighted by Crippen LogP contribution is 2.20. The van der Waals surface area contributed by atoms with Crippen molar-refractivity contribution in [2.45, 2.75) is 45.1 Å². The van der Waals surface area contributed by atoms with Crippen LogP contribution in [0.25, 0.3) is 0 Å². The minimum absolute atomic E-state index is 0.110. The van der Waals surface area contributed by atoms with Gasteiger partial charge in [0.2, 0.25) is 0 Å². The molecule has 2 heterocycles. The standard InChI is InChI=1S/C18H24N2O/c1-14(21)15-7-9-17(10-8-15)19-13-16-5-4-12-20-11-3-2-6-18(16)20/h7-10,13,16,18H,2-6,11-12H2,1H3/p+1/t16-,18+/m1/s1. The van der Waals surface area contributed by atoms with Crippen LogP contribution in [0.5, 0.6) is 0 Å². The zero-order valence-electron chi connectivity index (χ0n) is 12.8. The summed E-state index contributed by atoms with van der Waals surface area (Å²) < 4.78 is 0. The SMILES string of the molecule is CC(=O)c1ccc(N=C[C@H]2CCC[NH+]3CCCC[C@@H]23)cc1. The van der Waals surface area contributed by atoms with Crippen LogP contribution in [0.4, 0.5) is 5.69 Å². The number of nitrogens with one attached hydrogen (secondary N) is 1. The number of nitrogens with zero attached hydrogens (tertiary/aromatic N) is 1. The number of piperidine rings is 2. The third-order valence-electron chi connectivity index (χ3n) is 5.03. The molecule has 3 rings (SSSR count). The molecule has 1 N–H and O–H groups in total. The summed E-state index contributed by atoms with van der Waals surface area (Å²) in [5.41, 5.74) is 1.72. The second kappa shape index (κ2) is 6.52. The highest BCUT2D eigenvalue weighted by atomic mass is 16.1. The quantitative estimate of drug-likeness (QED) is 0.672. The number of rotatable bonds is 3. The van der Waals surface area contributed by atoms with Gasteiger partial charge in [-0.15, -0.1) is 0 Å². The molecule has 0 amide bonds. The van der Waals surface area contributed by atoms with E-state index in [0.717, 1.165) is 17.3 Å². The molecule has 3 atom stereocenters. The van der Waals surface area contributed by atoms with Crippen LogP contribution >= 0.6 is 0 Å². The van der Waals surface area contributed by atoms with Crippen LogP contribution in [-0.2, 0) is 0 Å². The number of carbonyl (C=O) groups excluding carboxylic acids is 1. The first-order valence-electron chi connectivity index (χ1n) is 8.24. The maximum atomic E-state index is 11.3. The number of benzene rings is 1. The molecule has 1 aromatic carbocycles. The van der Waals surface area contributed by atoms with Gasteiger partial charge in [0.15, 0.2) is 5.78 Å². The molecule has 1 aromatic rings. The largest absolute Gasteiger partial charge is 0.332 e. The van der Waals surface area contributed by atoms with Gasteiger partial charge in [-0.05, 0) is 56.9 Å². The van der Waals surface area contributed by atoms with E-state index in [2.05, 4.69) is 11.2 Å². The molecule has 1 unspecified atom stereocenters. The predicted molar refractivity (Wildman–Crippen MR) is 85.7 cm³/mol. The Hall–Kier alpha value is -1.48. The van der Waals surface area contributed by atoms with Crippen LogP contribution in [0.1, 0.15) is 49.4 Å². The average molecular weight is 285 g/mol. The summed E-state index contributed by atoms with van der Waals surface area (Å²) in [7, 11) is 0. The number of ketones is 1. The van der Waals surface area contributed by atoms with Crippen molar-refractivity contribution in [2.75, 3.05) is 13.1 Å². The summed E-state index contributed by atoms with van der Waals surface area (Å²) in [6, 6.07) is 8.42. The smallest absolute Gasteiger partial charge is 0.159 e. The predicted octanol–water partition coefficient (Wildman–Crippen LogP) is 2.44. The normalized spacial score (nSPS) is 29.3. The maximum Gasteiger partial charge on any atom is 0.159 e.